The number of hydrogen-bond acceptors (Lipinski definition) is 2. The molecule has 78 valence electrons. The van der Waals surface area contributed by atoms with E-state index < -0.39 is 0 Å². The summed E-state index contributed by atoms with van der Waals surface area (Å²) in [5.74, 6) is 0.931. The van der Waals surface area contributed by atoms with Crippen LogP contribution in [0.2, 0.25) is 0 Å². The molecule has 0 amide bonds. The third-order valence-electron chi connectivity index (χ3n) is 2.86. The van der Waals surface area contributed by atoms with Gasteiger partial charge in [0.2, 0.25) is 0 Å². The van der Waals surface area contributed by atoms with Crippen LogP contribution >= 0.6 is 27.3 Å². The maximum absolute atomic E-state index is 3.66. The van der Waals surface area contributed by atoms with Crippen molar-refractivity contribution in [2.75, 3.05) is 0 Å². The number of halogens is 1. The Labute approximate surface area is 98.0 Å². The molecule has 1 nitrogen and oxygen atoms in total. The summed E-state index contributed by atoms with van der Waals surface area (Å²) in [5.41, 5.74) is 0. The molecule has 1 aromatic heterocycles. The molecule has 0 aromatic carbocycles. The highest BCUT2D eigenvalue weighted by Gasteiger charge is 2.28. The molecular formula is C11H16BrNS. The fraction of sp³-hybridized carbons (Fsp3) is 0.636. The van der Waals surface area contributed by atoms with Crippen molar-refractivity contribution < 1.29 is 0 Å². The molecule has 0 aliphatic heterocycles. The lowest BCUT2D eigenvalue weighted by Crippen LogP contribution is -2.30. The molecule has 1 aliphatic rings. The van der Waals surface area contributed by atoms with E-state index in [1.165, 1.54) is 21.5 Å². The molecule has 0 saturated heterocycles. The van der Waals surface area contributed by atoms with Gasteiger partial charge in [0.1, 0.15) is 0 Å². The minimum absolute atomic E-state index is 0.488. The van der Waals surface area contributed by atoms with Crippen LogP contribution in [-0.2, 0) is 0 Å². The van der Waals surface area contributed by atoms with Gasteiger partial charge >= 0.3 is 0 Å². The molecule has 0 bridgehead atoms. The molecule has 1 heterocycles. The van der Waals surface area contributed by atoms with E-state index in [1.807, 2.05) is 11.3 Å². The van der Waals surface area contributed by atoms with Crippen molar-refractivity contribution in [2.45, 2.75) is 38.8 Å². The predicted octanol–water partition coefficient (Wildman–Crippen LogP) is 3.96. The van der Waals surface area contributed by atoms with Crippen molar-refractivity contribution in [3.63, 3.8) is 0 Å². The summed E-state index contributed by atoms with van der Waals surface area (Å²) < 4.78 is 1.22. The Kier molecular flexibility index (Phi) is 3.30. The molecule has 1 fully saturated rings. The molecule has 2 atom stereocenters. The fourth-order valence-corrected chi connectivity index (χ4v) is 3.20. The van der Waals surface area contributed by atoms with E-state index in [9.17, 15) is 0 Å². The predicted molar refractivity (Wildman–Crippen MR) is 65.8 cm³/mol. The minimum Gasteiger partial charge on any atom is -0.307 e. The zero-order valence-electron chi connectivity index (χ0n) is 8.59. The van der Waals surface area contributed by atoms with Crippen molar-refractivity contribution in [1.29, 1.82) is 0 Å². The highest BCUT2D eigenvalue weighted by molar-refractivity contribution is 9.11. The first kappa shape index (κ1) is 10.7. The summed E-state index contributed by atoms with van der Waals surface area (Å²) in [7, 11) is 0. The molecule has 2 rings (SSSR count). The van der Waals surface area contributed by atoms with Crippen LogP contribution < -0.4 is 5.32 Å². The smallest absolute Gasteiger partial charge is 0.0701 e. The van der Waals surface area contributed by atoms with Gasteiger partial charge in [0.05, 0.1) is 3.79 Å². The Bertz CT molecular complexity index is 306. The minimum atomic E-state index is 0.488. The maximum atomic E-state index is 3.66. The second kappa shape index (κ2) is 4.33. The highest BCUT2D eigenvalue weighted by Crippen LogP contribution is 2.34. The van der Waals surface area contributed by atoms with Crippen molar-refractivity contribution >= 4 is 27.3 Å². The van der Waals surface area contributed by atoms with Gasteiger partial charge in [-0.3, -0.25) is 0 Å². The van der Waals surface area contributed by atoms with Gasteiger partial charge in [0.15, 0.2) is 0 Å². The third-order valence-corrected chi connectivity index (χ3v) is 4.67. The second-order valence-electron chi connectivity index (χ2n) is 4.16. The number of thiophene rings is 1. The van der Waals surface area contributed by atoms with E-state index >= 15 is 0 Å². The van der Waals surface area contributed by atoms with Gasteiger partial charge < -0.3 is 5.32 Å². The number of nitrogens with one attached hydrogen (secondary N) is 1. The zero-order valence-corrected chi connectivity index (χ0v) is 11.0. The van der Waals surface area contributed by atoms with Crippen molar-refractivity contribution in [2.24, 2.45) is 5.92 Å². The SMILES string of the molecule is CC(NC(C)C1CC1)c1ccc(Br)s1. The van der Waals surface area contributed by atoms with Gasteiger partial charge in [0.25, 0.3) is 0 Å². The molecule has 3 heteroatoms. The van der Waals surface area contributed by atoms with Crippen LogP contribution in [0, 0.1) is 5.92 Å². The first-order chi connectivity index (χ1) is 6.66. The van der Waals surface area contributed by atoms with Gasteiger partial charge in [-0.1, -0.05) is 0 Å². The summed E-state index contributed by atoms with van der Waals surface area (Å²) in [6.07, 6.45) is 2.82. The van der Waals surface area contributed by atoms with Crippen LogP contribution in [0.4, 0.5) is 0 Å². The Balaban J connectivity index is 1.91. The highest BCUT2D eigenvalue weighted by atomic mass is 79.9. The Morgan fingerprint density at radius 1 is 1.43 bits per heavy atom. The standard InChI is InChI=1S/C11H16BrNS/c1-7(9-3-4-9)13-8(2)10-5-6-11(12)14-10/h5-9,13H,3-4H2,1-2H3. The van der Waals surface area contributed by atoms with E-state index in [1.54, 1.807) is 0 Å². The van der Waals surface area contributed by atoms with Gasteiger partial charge in [-0.2, -0.15) is 0 Å². The molecule has 1 N–H and O–H groups in total. The largest absolute Gasteiger partial charge is 0.307 e. The first-order valence-electron chi connectivity index (χ1n) is 5.18. The topological polar surface area (TPSA) is 12.0 Å². The molecule has 0 radical (unpaired) electrons. The normalized spacial score (nSPS) is 20.8. The van der Waals surface area contributed by atoms with Crippen LogP contribution in [0.1, 0.15) is 37.6 Å². The van der Waals surface area contributed by atoms with E-state index in [0.29, 0.717) is 12.1 Å². The van der Waals surface area contributed by atoms with E-state index in [-0.39, 0.29) is 0 Å². The summed E-state index contributed by atoms with van der Waals surface area (Å²) in [5, 5.41) is 3.66. The molecule has 1 aliphatic carbocycles. The van der Waals surface area contributed by atoms with E-state index in [0.717, 1.165) is 5.92 Å². The first-order valence-corrected chi connectivity index (χ1v) is 6.79. The van der Waals surface area contributed by atoms with Crippen LogP contribution in [0.5, 0.6) is 0 Å². The summed E-state index contributed by atoms with van der Waals surface area (Å²) in [6, 6.07) is 5.49. The van der Waals surface area contributed by atoms with E-state index in [2.05, 4.69) is 47.2 Å². The van der Waals surface area contributed by atoms with Crippen LogP contribution in [0.15, 0.2) is 15.9 Å². The molecular weight excluding hydrogens is 258 g/mol. The van der Waals surface area contributed by atoms with Crippen LogP contribution in [0.25, 0.3) is 0 Å². The summed E-state index contributed by atoms with van der Waals surface area (Å²) in [4.78, 5) is 1.42. The molecule has 0 spiro atoms. The van der Waals surface area contributed by atoms with Gasteiger partial charge in [-0.15, -0.1) is 11.3 Å². The average molecular weight is 274 g/mol. The van der Waals surface area contributed by atoms with Crippen molar-refractivity contribution in [3.8, 4) is 0 Å². The second-order valence-corrected chi connectivity index (χ2v) is 6.65. The molecule has 1 saturated carbocycles. The lowest BCUT2D eigenvalue weighted by molar-refractivity contribution is 0.445. The Morgan fingerprint density at radius 2 is 2.14 bits per heavy atom. The molecule has 2 unspecified atom stereocenters. The van der Waals surface area contributed by atoms with Crippen molar-refractivity contribution in [1.82, 2.24) is 5.32 Å². The molecule has 1 aromatic rings. The number of rotatable bonds is 4. The average Bonchev–Trinajstić information content (AvgIpc) is 2.89. The fourth-order valence-electron chi connectivity index (χ4n) is 1.77. The zero-order chi connectivity index (χ0) is 10.1. The molecule has 14 heavy (non-hydrogen) atoms. The van der Waals surface area contributed by atoms with Gasteiger partial charge in [-0.05, 0) is 60.7 Å². The lowest BCUT2D eigenvalue weighted by Gasteiger charge is -2.18. The van der Waals surface area contributed by atoms with Crippen LogP contribution in [-0.4, -0.2) is 6.04 Å². The lowest BCUT2D eigenvalue weighted by atomic mass is 10.2. The Hall–Kier alpha value is 0.140. The quantitative estimate of drug-likeness (QED) is 0.876. The van der Waals surface area contributed by atoms with Gasteiger partial charge in [-0.25, -0.2) is 0 Å². The number of hydrogen-bond donors (Lipinski definition) is 1. The third kappa shape index (κ3) is 2.59. The summed E-state index contributed by atoms with van der Waals surface area (Å²) in [6.45, 7) is 4.55. The maximum Gasteiger partial charge on any atom is 0.0701 e. The van der Waals surface area contributed by atoms with Crippen LogP contribution in [0.3, 0.4) is 0 Å². The summed E-state index contributed by atoms with van der Waals surface area (Å²) >= 11 is 5.32. The van der Waals surface area contributed by atoms with Gasteiger partial charge in [0, 0.05) is 17.0 Å². The Morgan fingerprint density at radius 3 is 2.64 bits per heavy atom. The monoisotopic (exact) mass is 273 g/mol. The van der Waals surface area contributed by atoms with Crippen molar-refractivity contribution in [3.05, 3.63) is 20.8 Å². The van der Waals surface area contributed by atoms with E-state index in [4.69, 9.17) is 0 Å².